The van der Waals surface area contributed by atoms with Gasteiger partial charge in [0.1, 0.15) is 11.6 Å². The monoisotopic (exact) mass is 298 g/mol. The topological polar surface area (TPSA) is 51.2 Å². The normalized spacial score (nSPS) is 12.6. The molecule has 0 aliphatic rings. The zero-order valence-corrected chi connectivity index (χ0v) is 10.6. The number of hydrogen-bond donors (Lipinski definition) is 2. The molecule has 17 heavy (non-hydrogen) atoms. The van der Waals surface area contributed by atoms with E-state index in [1.165, 1.54) is 12.1 Å². The first-order chi connectivity index (χ1) is 8.19. The molecule has 3 nitrogen and oxygen atoms in total. The Morgan fingerprint density at radius 3 is 2.82 bits per heavy atom. The summed E-state index contributed by atoms with van der Waals surface area (Å²) in [5.41, 5.74) is 3.50. The Morgan fingerprint density at radius 1 is 1.41 bits per heavy atom. The highest BCUT2D eigenvalue weighted by Gasteiger charge is 2.13. The summed E-state index contributed by atoms with van der Waals surface area (Å²) in [6.45, 7) is 0. The Bertz CT molecular complexity index is 467. The lowest BCUT2D eigenvalue weighted by Crippen LogP contribution is -2.29. The molecule has 0 aliphatic heterocycles. The van der Waals surface area contributed by atoms with Crippen LogP contribution >= 0.6 is 15.9 Å². The van der Waals surface area contributed by atoms with Gasteiger partial charge in [0.05, 0.1) is 12.3 Å². The molecule has 2 rings (SSSR count). The lowest BCUT2D eigenvalue weighted by molar-refractivity contribution is 0.415. The molecule has 0 radical (unpaired) electrons. The molecule has 5 heteroatoms. The van der Waals surface area contributed by atoms with Crippen molar-refractivity contribution in [2.75, 3.05) is 0 Å². The molecule has 0 bridgehead atoms. The Hall–Kier alpha value is -1.17. The molecule has 0 aliphatic carbocycles. The smallest absolute Gasteiger partial charge is 0.124 e. The lowest BCUT2D eigenvalue weighted by Gasteiger charge is -2.13. The Morgan fingerprint density at radius 2 is 2.24 bits per heavy atom. The maximum absolute atomic E-state index is 13.2. The standard InChI is InChI=1S/C12H12BrFN2O/c13-9-4-8(5-10(14)7-9)6-11(16-15)12-2-1-3-17-12/h1-5,7,11,16H,6,15H2. The number of nitrogens with two attached hydrogens (primary N) is 1. The summed E-state index contributed by atoms with van der Waals surface area (Å²) in [6, 6.07) is 8.22. The quantitative estimate of drug-likeness (QED) is 0.674. The molecule has 0 spiro atoms. The van der Waals surface area contributed by atoms with E-state index in [4.69, 9.17) is 10.3 Å². The molecule has 0 fully saturated rings. The van der Waals surface area contributed by atoms with Crippen molar-refractivity contribution in [1.82, 2.24) is 5.43 Å². The first-order valence-corrected chi connectivity index (χ1v) is 5.93. The molecule has 1 aromatic heterocycles. The molecule has 1 heterocycles. The number of benzene rings is 1. The second kappa shape index (κ2) is 5.44. The van der Waals surface area contributed by atoms with Crippen LogP contribution in [-0.4, -0.2) is 0 Å². The second-order valence-electron chi connectivity index (χ2n) is 3.72. The number of halogens is 2. The van der Waals surface area contributed by atoms with Gasteiger partial charge < -0.3 is 4.42 Å². The summed E-state index contributed by atoms with van der Waals surface area (Å²) >= 11 is 3.26. The molecule has 3 N–H and O–H groups in total. The van der Waals surface area contributed by atoms with Gasteiger partial charge >= 0.3 is 0 Å². The minimum absolute atomic E-state index is 0.168. The van der Waals surface area contributed by atoms with Gasteiger partial charge in [-0.2, -0.15) is 0 Å². The average molecular weight is 299 g/mol. The van der Waals surface area contributed by atoms with Crippen LogP contribution in [0.1, 0.15) is 17.4 Å². The van der Waals surface area contributed by atoms with E-state index in [-0.39, 0.29) is 11.9 Å². The first-order valence-electron chi connectivity index (χ1n) is 5.13. The molecule has 1 atom stereocenters. The van der Waals surface area contributed by atoms with Crippen LogP contribution in [0.5, 0.6) is 0 Å². The van der Waals surface area contributed by atoms with Crippen molar-refractivity contribution in [3.05, 3.63) is 58.2 Å². The third-order valence-electron chi connectivity index (χ3n) is 2.45. The van der Waals surface area contributed by atoms with Crippen LogP contribution in [0.25, 0.3) is 0 Å². The van der Waals surface area contributed by atoms with Crippen LogP contribution in [0.15, 0.2) is 45.5 Å². The van der Waals surface area contributed by atoms with Crippen LogP contribution in [0.3, 0.4) is 0 Å². The van der Waals surface area contributed by atoms with Gasteiger partial charge in [0.25, 0.3) is 0 Å². The van der Waals surface area contributed by atoms with Crippen LogP contribution in [0, 0.1) is 5.82 Å². The summed E-state index contributed by atoms with van der Waals surface area (Å²) in [6.07, 6.45) is 2.14. The average Bonchev–Trinajstić information content (AvgIpc) is 2.77. The van der Waals surface area contributed by atoms with E-state index >= 15 is 0 Å². The highest BCUT2D eigenvalue weighted by atomic mass is 79.9. The minimum Gasteiger partial charge on any atom is -0.468 e. The van der Waals surface area contributed by atoms with Crippen molar-refractivity contribution >= 4 is 15.9 Å². The maximum atomic E-state index is 13.2. The van der Waals surface area contributed by atoms with Crippen molar-refractivity contribution in [2.24, 2.45) is 5.84 Å². The third kappa shape index (κ3) is 3.15. The molecule has 0 saturated carbocycles. The number of hydrazine groups is 1. The van der Waals surface area contributed by atoms with Crippen molar-refractivity contribution in [3.8, 4) is 0 Å². The number of furan rings is 1. The van der Waals surface area contributed by atoms with Crippen molar-refractivity contribution in [1.29, 1.82) is 0 Å². The van der Waals surface area contributed by atoms with Gasteiger partial charge in [0, 0.05) is 4.47 Å². The van der Waals surface area contributed by atoms with Gasteiger partial charge in [-0.25, -0.2) is 9.82 Å². The van der Waals surface area contributed by atoms with Crippen LogP contribution in [-0.2, 0) is 6.42 Å². The number of nitrogens with one attached hydrogen (secondary N) is 1. The molecule has 90 valence electrons. The van der Waals surface area contributed by atoms with Crippen LogP contribution < -0.4 is 11.3 Å². The van der Waals surface area contributed by atoms with E-state index in [1.54, 1.807) is 12.3 Å². The fraction of sp³-hybridized carbons (Fsp3) is 0.167. The van der Waals surface area contributed by atoms with Gasteiger partial charge in [-0.05, 0) is 42.3 Å². The molecule has 0 amide bonds. The zero-order valence-electron chi connectivity index (χ0n) is 8.99. The minimum atomic E-state index is -0.274. The fourth-order valence-corrected chi connectivity index (χ4v) is 2.21. The van der Waals surface area contributed by atoms with E-state index in [2.05, 4.69) is 21.4 Å². The van der Waals surface area contributed by atoms with Gasteiger partial charge in [-0.1, -0.05) is 15.9 Å². The van der Waals surface area contributed by atoms with Gasteiger partial charge in [-0.3, -0.25) is 5.84 Å². The van der Waals surface area contributed by atoms with Gasteiger partial charge in [0.2, 0.25) is 0 Å². The summed E-state index contributed by atoms with van der Waals surface area (Å²) < 4.78 is 19.2. The molecule has 0 saturated heterocycles. The Labute approximate surface area is 107 Å². The molecular formula is C12H12BrFN2O. The molecule has 2 aromatic rings. The highest BCUT2D eigenvalue weighted by Crippen LogP contribution is 2.21. The van der Waals surface area contributed by atoms with Crippen molar-refractivity contribution < 1.29 is 8.81 Å². The molecule has 1 unspecified atom stereocenters. The van der Waals surface area contributed by atoms with E-state index in [0.717, 1.165) is 11.3 Å². The predicted octanol–water partition coefficient (Wildman–Crippen LogP) is 2.93. The van der Waals surface area contributed by atoms with E-state index in [9.17, 15) is 4.39 Å². The Kier molecular flexibility index (Phi) is 3.93. The van der Waals surface area contributed by atoms with Gasteiger partial charge in [-0.15, -0.1) is 0 Å². The molecule has 1 aromatic carbocycles. The summed E-state index contributed by atoms with van der Waals surface area (Å²) in [5, 5.41) is 0. The van der Waals surface area contributed by atoms with E-state index in [1.807, 2.05) is 12.1 Å². The van der Waals surface area contributed by atoms with Gasteiger partial charge in [0.15, 0.2) is 0 Å². The van der Waals surface area contributed by atoms with Crippen molar-refractivity contribution in [2.45, 2.75) is 12.5 Å². The zero-order chi connectivity index (χ0) is 12.3. The van der Waals surface area contributed by atoms with E-state index < -0.39 is 0 Å². The summed E-state index contributed by atoms with van der Waals surface area (Å²) in [4.78, 5) is 0. The lowest BCUT2D eigenvalue weighted by atomic mass is 10.0. The highest BCUT2D eigenvalue weighted by molar-refractivity contribution is 9.10. The summed E-state index contributed by atoms with van der Waals surface area (Å²) in [7, 11) is 0. The van der Waals surface area contributed by atoms with Crippen LogP contribution in [0.2, 0.25) is 0 Å². The van der Waals surface area contributed by atoms with Crippen molar-refractivity contribution in [3.63, 3.8) is 0 Å². The first kappa shape index (κ1) is 12.3. The fourth-order valence-electron chi connectivity index (χ4n) is 1.70. The Balaban J connectivity index is 2.18. The van der Waals surface area contributed by atoms with Crippen LogP contribution in [0.4, 0.5) is 4.39 Å². The largest absolute Gasteiger partial charge is 0.468 e. The predicted molar refractivity (Wildman–Crippen MR) is 66.6 cm³/mol. The number of rotatable bonds is 4. The second-order valence-corrected chi connectivity index (χ2v) is 4.63. The number of hydrogen-bond acceptors (Lipinski definition) is 3. The SMILES string of the molecule is NNC(Cc1cc(F)cc(Br)c1)c1ccco1. The summed E-state index contributed by atoms with van der Waals surface area (Å²) in [5.74, 6) is 5.93. The third-order valence-corrected chi connectivity index (χ3v) is 2.91. The molecular weight excluding hydrogens is 287 g/mol. The van der Waals surface area contributed by atoms with E-state index in [0.29, 0.717) is 10.9 Å². The maximum Gasteiger partial charge on any atom is 0.124 e.